The molecule has 0 radical (unpaired) electrons. The van der Waals surface area contributed by atoms with Crippen LogP contribution in [-0.2, 0) is 16.6 Å². The van der Waals surface area contributed by atoms with Crippen LogP contribution < -0.4 is 9.84 Å². The first-order chi connectivity index (χ1) is 16.9. The molecule has 7 rings (SSSR count). The van der Waals surface area contributed by atoms with Gasteiger partial charge in [-0.1, -0.05) is 17.9 Å². The van der Waals surface area contributed by atoms with Crippen molar-refractivity contribution in [1.29, 1.82) is 0 Å². The van der Waals surface area contributed by atoms with E-state index in [0.29, 0.717) is 17.7 Å². The summed E-state index contributed by atoms with van der Waals surface area (Å²) in [5, 5.41) is 13.0. The normalized spacial score (nSPS) is 36.6. The van der Waals surface area contributed by atoms with Crippen LogP contribution in [0.1, 0.15) is 48.8 Å². The largest absolute Gasteiger partial charge is 0.870 e. The lowest BCUT2D eigenvalue weighted by Gasteiger charge is -2.62. The molecule has 6 nitrogen and oxygen atoms in total. The summed E-state index contributed by atoms with van der Waals surface area (Å²) in [4.78, 5) is 15.1. The minimum absolute atomic E-state index is 0.00175. The first-order valence-electron chi connectivity index (χ1n) is 13.2. The molecule has 1 aromatic carbocycles. The minimum atomic E-state index is -0.154. The van der Waals surface area contributed by atoms with Crippen molar-refractivity contribution in [3.8, 4) is 11.5 Å². The zero-order chi connectivity index (χ0) is 23.9. The molecule has 5 aliphatic rings. The number of hydrogen-bond donors (Lipinski definition) is 0. The highest BCUT2D eigenvalue weighted by molar-refractivity contribution is 5.91. The van der Waals surface area contributed by atoms with Gasteiger partial charge in [-0.3, -0.25) is 4.79 Å². The smallest absolute Gasteiger partial charge is 0.246 e. The molecule has 2 saturated carbocycles. The van der Waals surface area contributed by atoms with Gasteiger partial charge < -0.3 is 23.6 Å². The van der Waals surface area contributed by atoms with Gasteiger partial charge in [-0.05, 0) is 43.4 Å². The number of carbonyl (C=O) groups is 1. The maximum absolute atomic E-state index is 13.2. The van der Waals surface area contributed by atoms with Crippen molar-refractivity contribution in [3.05, 3.63) is 53.5 Å². The second kappa shape index (κ2) is 7.39. The Kier molecular flexibility index (Phi) is 4.55. The molecule has 1 spiro atoms. The van der Waals surface area contributed by atoms with E-state index in [1.165, 1.54) is 30.5 Å². The van der Waals surface area contributed by atoms with E-state index in [1.807, 2.05) is 18.0 Å². The summed E-state index contributed by atoms with van der Waals surface area (Å²) in [6.07, 6.45) is 13.3. The average molecular weight is 475 g/mol. The van der Waals surface area contributed by atoms with E-state index < -0.39 is 0 Å². The Labute approximate surface area is 206 Å². The van der Waals surface area contributed by atoms with E-state index in [4.69, 9.17) is 9.15 Å². The zero-order valence-corrected chi connectivity index (χ0v) is 20.6. The SMILES string of the molecule is CN(C(=O)/C=C/c1ccoc1)[C@H]1CC[C@@H]2[C@H]3Cc4ccc([O-])c5c4[C@@]2(CC[N@@+]3(C)CC2CC2)C1O5. The fraction of sp³-hybridized carbons (Fsp3) is 0.552. The van der Waals surface area contributed by atoms with E-state index in [-0.39, 0.29) is 29.2 Å². The van der Waals surface area contributed by atoms with Gasteiger partial charge in [0, 0.05) is 48.9 Å². The molecule has 184 valence electrons. The number of rotatable bonds is 5. The van der Waals surface area contributed by atoms with Crippen LogP contribution in [0.15, 0.2) is 41.2 Å². The lowest BCUT2D eigenvalue weighted by Crippen LogP contribution is -2.73. The fourth-order valence-corrected chi connectivity index (χ4v) is 8.30. The Morgan fingerprint density at radius 2 is 2.11 bits per heavy atom. The predicted octanol–water partition coefficient (Wildman–Crippen LogP) is 3.49. The Morgan fingerprint density at radius 3 is 2.89 bits per heavy atom. The molecule has 6 heteroatoms. The summed E-state index contributed by atoms with van der Waals surface area (Å²) in [5.41, 5.74) is 3.24. The summed E-state index contributed by atoms with van der Waals surface area (Å²) in [5.74, 6) is 1.93. The van der Waals surface area contributed by atoms with Gasteiger partial charge in [0.25, 0.3) is 0 Å². The molecule has 2 aromatic rings. The summed E-state index contributed by atoms with van der Waals surface area (Å²) < 4.78 is 12.9. The van der Waals surface area contributed by atoms with Crippen LogP contribution in [-0.4, -0.2) is 60.7 Å². The standard InChI is InChI=1S/C29H34N2O4/c1-30(25(33)10-5-19-11-14-34-17-19)22-8-7-21-23-15-20-6-9-24(32)27-26(20)29(21,28(22)35-27)12-13-31(23,2)16-18-3-4-18/h5-6,9-11,14,17-18,21-23,28H,3-4,7-8,12-13,15-16H2,1-2H3/b10-5+/t21-,22+,23-,28?,29+,31+/m1/s1. The van der Waals surface area contributed by atoms with E-state index in [9.17, 15) is 9.90 Å². The fourth-order valence-electron chi connectivity index (χ4n) is 8.30. The average Bonchev–Trinajstić information content (AvgIpc) is 3.36. The number of amides is 1. The molecule has 2 bridgehead atoms. The lowest BCUT2D eigenvalue weighted by atomic mass is 9.50. The first-order valence-corrected chi connectivity index (χ1v) is 13.2. The van der Waals surface area contributed by atoms with Crippen LogP contribution in [0.3, 0.4) is 0 Å². The van der Waals surface area contributed by atoms with Crippen molar-refractivity contribution in [1.82, 2.24) is 4.90 Å². The van der Waals surface area contributed by atoms with Gasteiger partial charge >= 0.3 is 0 Å². The van der Waals surface area contributed by atoms with Gasteiger partial charge in [-0.2, -0.15) is 0 Å². The van der Waals surface area contributed by atoms with Crippen molar-refractivity contribution in [2.75, 3.05) is 27.2 Å². The van der Waals surface area contributed by atoms with Crippen molar-refractivity contribution in [2.24, 2.45) is 11.8 Å². The number of ether oxygens (including phenoxy) is 1. The van der Waals surface area contributed by atoms with Gasteiger partial charge in [0.05, 0.1) is 50.2 Å². The molecule has 1 aromatic heterocycles. The maximum Gasteiger partial charge on any atom is 0.246 e. The van der Waals surface area contributed by atoms with Gasteiger partial charge in [0.2, 0.25) is 5.91 Å². The number of benzene rings is 1. The molecular weight excluding hydrogens is 440 g/mol. The molecule has 35 heavy (non-hydrogen) atoms. The van der Waals surface area contributed by atoms with Crippen molar-refractivity contribution in [2.45, 2.75) is 62.1 Å². The molecular formula is C29H34N2O4. The lowest BCUT2D eigenvalue weighted by molar-refractivity contribution is -0.946. The van der Waals surface area contributed by atoms with Crippen LogP contribution in [0.5, 0.6) is 11.5 Å². The molecule has 1 amide bonds. The summed E-state index contributed by atoms with van der Waals surface area (Å²) in [6, 6.07) is 6.14. The quantitative estimate of drug-likeness (QED) is 0.492. The van der Waals surface area contributed by atoms with E-state index in [0.717, 1.165) is 48.2 Å². The van der Waals surface area contributed by atoms with Gasteiger partial charge in [0.1, 0.15) is 11.9 Å². The number of furan rings is 1. The monoisotopic (exact) mass is 474 g/mol. The van der Waals surface area contributed by atoms with Crippen LogP contribution in [0.4, 0.5) is 0 Å². The number of hydrogen-bond acceptors (Lipinski definition) is 4. The summed E-state index contributed by atoms with van der Waals surface area (Å²) in [6.45, 7) is 2.41. The third-order valence-electron chi connectivity index (χ3n) is 10.1. The maximum atomic E-state index is 13.2. The predicted molar refractivity (Wildman–Crippen MR) is 130 cm³/mol. The highest BCUT2D eigenvalue weighted by Gasteiger charge is 2.69. The second-order valence-electron chi connectivity index (χ2n) is 11.9. The zero-order valence-electron chi connectivity index (χ0n) is 20.6. The number of likely N-dealkylation sites (tertiary alicyclic amines) is 1. The third kappa shape index (κ3) is 3.01. The molecule has 3 fully saturated rings. The van der Waals surface area contributed by atoms with Gasteiger partial charge in [-0.15, -0.1) is 0 Å². The third-order valence-corrected chi connectivity index (χ3v) is 10.1. The van der Waals surface area contributed by atoms with Crippen LogP contribution >= 0.6 is 0 Å². The highest BCUT2D eigenvalue weighted by Crippen LogP contribution is 2.65. The van der Waals surface area contributed by atoms with Gasteiger partial charge in [0.15, 0.2) is 0 Å². The van der Waals surface area contributed by atoms with Crippen LogP contribution in [0, 0.1) is 11.8 Å². The molecule has 6 atom stereocenters. The molecule has 3 aliphatic carbocycles. The molecule has 0 N–H and O–H groups in total. The first kappa shape index (κ1) is 21.5. The molecule has 2 aliphatic heterocycles. The summed E-state index contributed by atoms with van der Waals surface area (Å²) >= 11 is 0. The molecule has 3 heterocycles. The topological polar surface area (TPSA) is 65.7 Å². The van der Waals surface area contributed by atoms with E-state index >= 15 is 0 Å². The second-order valence-corrected chi connectivity index (χ2v) is 11.9. The Balaban J connectivity index is 1.26. The Morgan fingerprint density at radius 1 is 1.26 bits per heavy atom. The van der Waals surface area contributed by atoms with Gasteiger partial charge in [-0.25, -0.2) is 0 Å². The number of quaternary nitrogens is 1. The summed E-state index contributed by atoms with van der Waals surface area (Å²) in [7, 11) is 4.38. The number of likely N-dealkylation sites (N-methyl/N-ethyl adjacent to an activating group) is 2. The van der Waals surface area contributed by atoms with Crippen molar-refractivity contribution < 1.29 is 23.5 Å². The van der Waals surface area contributed by atoms with E-state index in [2.05, 4.69) is 13.1 Å². The minimum Gasteiger partial charge on any atom is -0.870 e. The number of nitrogens with zero attached hydrogens (tertiary/aromatic N) is 2. The van der Waals surface area contributed by atoms with Crippen molar-refractivity contribution >= 4 is 12.0 Å². The van der Waals surface area contributed by atoms with Crippen LogP contribution in [0.2, 0.25) is 0 Å². The Bertz CT molecular complexity index is 1200. The van der Waals surface area contributed by atoms with E-state index in [1.54, 1.807) is 30.7 Å². The highest BCUT2D eigenvalue weighted by atomic mass is 16.5. The molecule has 1 unspecified atom stereocenters. The number of carbonyl (C=O) groups excluding carboxylic acids is 1. The number of piperidine rings is 1. The van der Waals surface area contributed by atoms with Crippen molar-refractivity contribution in [3.63, 3.8) is 0 Å². The Hall–Kier alpha value is -2.73. The molecule has 1 saturated heterocycles. The van der Waals surface area contributed by atoms with Crippen LogP contribution in [0.25, 0.3) is 6.08 Å².